The van der Waals surface area contributed by atoms with Gasteiger partial charge in [-0.3, -0.25) is 37.4 Å². The lowest BCUT2D eigenvalue weighted by Crippen LogP contribution is -2.36. The maximum atomic E-state index is 11.5. The van der Waals surface area contributed by atoms with Crippen LogP contribution < -0.4 is 27.2 Å². The van der Waals surface area contributed by atoms with Crippen LogP contribution >= 0.6 is 44.3 Å². The number of allylic oxidation sites excluding steroid dienone is 2. The van der Waals surface area contributed by atoms with Crippen molar-refractivity contribution in [1.82, 2.24) is 63.8 Å². The normalized spacial score (nSPS) is 22.2. The molecule has 3 fully saturated rings. The molecule has 3 saturated carbocycles. The summed E-state index contributed by atoms with van der Waals surface area (Å²) in [6, 6.07) is 14.4. The molecule has 8 aromatic rings. The van der Waals surface area contributed by atoms with E-state index in [1.807, 2.05) is 97.2 Å². The standard InChI is InChI=1S/C14H21N5O5S.C14H20N4O3P2.C9H11N3.C8H8N2O2.C7H12O4.C6H13NO3P2.C4H7N3.CH3OP/c1-7-3-12(19-11(16-7)4-8(2)18-19)17-10-5-9(13(20)14(10)21)6-24-25(15,22)23;1-7-3-12(18-11(15-7)4-8(2)17-18)16-10-5-9(6-19)14(23-20)13(10)21-22;1-6-4-8(3)12-9(10-6)5-7(2)11-12;1-5-2-6-3-7(11)4-8(12)10(6)9-5;1-3-10-6(8)5-7(9)11-4-2;7-4-1-3(2-8)6(12-9)5(4)10-11;1-3-2-4(5)7-6-3;1-3-2/h3-4,9-10,13-14,17,20-21H,5-6H2,1-2H3,(H2,15,22,23);3-4,9-10,13-14,16,19H,5-6,22H2,1-2H3;4-5H,1-3H3;2,4,11H,3H2,1H3;3-5H2,1-2H3;3-6,8H,1-2,7,11H2;2H,1H3,(H3,5,6,7);1H3/t9-,10-,13-,14+;9-,10-,13+,14-;;;;3-,4-,5+,6-;;/m11...1../s1. The van der Waals surface area contributed by atoms with E-state index in [2.05, 4.69) is 88.8 Å². The Hall–Kier alpha value is -7.42. The first-order chi connectivity index (χ1) is 49.7. The minimum absolute atomic E-state index is 0.00392. The number of H-pyrrole nitrogens is 1. The number of nitrogens with two attached hydrogens (primary N) is 3. The van der Waals surface area contributed by atoms with Crippen LogP contribution in [0.2, 0.25) is 0 Å². The van der Waals surface area contributed by atoms with E-state index in [0.717, 1.165) is 74.1 Å². The van der Waals surface area contributed by atoms with E-state index in [-0.39, 0.29) is 124 Å². The largest absolute Gasteiger partial charge is 0.512 e. The monoisotopic (exact) mass is 1580 g/mol. The van der Waals surface area contributed by atoms with E-state index in [1.54, 1.807) is 47.7 Å². The first-order valence-corrected chi connectivity index (χ1v) is 38.3. The van der Waals surface area contributed by atoms with Crippen LogP contribution in [0, 0.1) is 80.1 Å². The number of ether oxygens (including phenoxy) is 2. The van der Waals surface area contributed by atoms with E-state index >= 15 is 0 Å². The fraction of sp³-hybridized carbons (Fsp3) is 0.540. The molecule has 1 aliphatic heterocycles. The molecule has 0 bridgehead atoms. The molecule has 0 spiro atoms. The zero-order valence-corrected chi connectivity index (χ0v) is 66.1. The van der Waals surface area contributed by atoms with Crippen molar-refractivity contribution in [3.63, 3.8) is 0 Å². The summed E-state index contributed by atoms with van der Waals surface area (Å²) in [6.45, 7) is 22.5. The predicted molar refractivity (Wildman–Crippen MR) is 398 cm³/mol. The van der Waals surface area contributed by atoms with Crippen molar-refractivity contribution < 1.29 is 84.7 Å². The summed E-state index contributed by atoms with van der Waals surface area (Å²) in [7, 11) is 0.453. The number of aliphatic hydroxyl groups is 5. The summed E-state index contributed by atoms with van der Waals surface area (Å²) in [5.41, 5.74) is 22.0. The van der Waals surface area contributed by atoms with Crippen molar-refractivity contribution in [2.24, 2.45) is 28.6 Å². The van der Waals surface area contributed by atoms with Gasteiger partial charge in [-0.05, 0) is 113 Å². The van der Waals surface area contributed by atoms with Crippen LogP contribution in [0.25, 0.3) is 16.9 Å². The van der Waals surface area contributed by atoms with Gasteiger partial charge in [0, 0.05) is 134 Å². The van der Waals surface area contributed by atoms with Crippen LogP contribution in [0.4, 0.5) is 17.5 Å². The molecule has 14 atom stereocenters. The molecule has 0 aromatic carbocycles. The number of fused-ring (bicyclic) bond motifs is 4. The van der Waals surface area contributed by atoms with Crippen LogP contribution in [0.5, 0.6) is 0 Å². The van der Waals surface area contributed by atoms with Crippen molar-refractivity contribution >= 4 is 107 Å². The number of nitrogens with one attached hydrogen (secondary N) is 3. The lowest BCUT2D eigenvalue weighted by atomic mass is 10.1. The number of carbonyl (C=O) groups is 3. The highest BCUT2D eigenvalue weighted by Gasteiger charge is 2.46. The van der Waals surface area contributed by atoms with E-state index in [0.29, 0.717) is 43.0 Å². The Morgan fingerprint density at radius 3 is 1.56 bits per heavy atom. The molecule has 42 heteroatoms. The van der Waals surface area contributed by atoms with Crippen molar-refractivity contribution in [2.75, 3.05) is 56.1 Å². The molecule has 0 saturated heterocycles. The Morgan fingerprint density at radius 2 is 1.11 bits per heavy atom. The molecule has 12 rings (SSSR count). The van der Waals surface area contributed by atoms with Gasteiger partial charge in [0.25, 0.3) is 5.91 Å². The number of aliphatic hydroxyl groups excluding tert-OH is 5. The van der Waals surface area contributed by atoms with Crippen molar-refractivity contribution in [3.8, 4) is 0 Å². The third-order valence-corrected chi connectivity index (χ3v) is 19.1. The first kappa shape index (κ1) is 88.2. The topological polar surface area (TPSA) is 523 Å². The number of aromatic nitrogens is 13. The molecule has 36 nitrogen and oxygen atoms in total. The second-order valence-electron chi connectivity index (χ2n) is 24.7. The highest BCUT2D eigenvalue weighted by atomic mass is 32.2. The number of aromatic amines is 1. The molecule has 0 amide bonds. The molecule has 2 unspecified atom stereocenters. The molecule has 105 heavy (non-hydrogen) atoms. The molecule has 576 valence electrons. The maximum Gasteiger partial charge on any atom is 0.333 e. The molecular formula is C63H95N18O18P5S. The highest BCUT2D eigenvalue weighted by molar-refractivity contribution is 7.84. The van der Waals surface area contributed by atoms with Gasteiger partial charge in [-0.15, -0.1) is 0 Å². The Labute approximate surface area is 616 Å². The Kier molecular flexibility index (Phi) is 35.5. The quantitative estimate of drug-likeness (QED) is 0.0308. The fourth-order valence-corrected chi connectivity index (χ4v) is 14.7. The molecule has 3 aliphatic carbocycles. The molecular weight excluding hydrogens is 1480 g/mol. The Bertz CT molecular complexity index is 4320. The smallest absolute Gasteiger partial charge is 0.333 e. The molecule has 4 aliphatic rings. The van der Waals surface area contributed by atoms with Crippen LogP contribution in [-0.4, -0.2) is 209 Å². The average molecular weight is 1580 g/mol. The number of nitrogens with zero attached hydrogens (tertiary/aromatic N) is 12. The average Bonchev–Trinajstić information content (AvgIpc) is 1.66. The van der Waals surface area contributed by atoms with E-state index in [1.165, 1.54) is 10.8 Å². The lowest BCUT2D eigenvalue weighted by molar-refractivity contribution is -0.153. The number of anilines is 3. The maximum absolute atomic E-state index is 11.5. The zero-order chi connectivity index (χ0) is 78.2. The first-order valence-electron chi connectivity index (χ1n) is 32.9. The lowest BCUT2D eigenvalue weighted by Gasteiger charge is -2.22. The molecule has 0 radical (unpaired) electrons. The SMILES string of the molecule is CCOC(=O)CC(=O)OCC.CP=O.Cc1cc(C)n2nc(C)cc2n1.Cc1cc(N)n[nH]1.Cc1cc(N[C@@H]2C[C@H](CO)[C@@H](P=O)[C@H]2OP)n2nc(C)cc2n1.Cc1cc(N[C@@H]2C[C@H](COS(N)(=O)=O)[C@@H](O)[C@H]2O)n2nc(C)cc2n1.Cc1cc2n(n1)C(=O)C=C(O)C2.N[C@@H]1C[C@H](CO)[C@@H](P=O)[C@H]1OP. The third-order valence-electron chi connectivity index (χ3n) is 16.1. The van der Waals surface area contributed by atoms with E-state index < -0.39 is 46.4 Å². The fourth-order valence-electron chi connectivity index (χ4n) is 11.7. The number of rotatable bonds is 17. The van der Waals surface area contributed by atoms with Crippen molar-refractivity contribution in [1.29, 1.82) is 0 Å². The van der Waals surface area contributed by atoms with Gasteiger partial charge < -0.3 is 66.2 Å². The van der Waals surface area contributed by atoms with Gasteiger partial charge in [0.2, 0.25) is 0 Å². The van der Waals surface area contributed by atoms with Gasteiger partial charge in [0.1, 0.15) is 35.7 Å². The number of aryl methyl sites for hydroxylation is 9. The van der Waals surface area contributed by atoms with E-state index in [4.69, 9.17) is 40.4 Å². The van der Waals surface area contributed by atoms with Crippen LogP contribution in [0.1, 0.15) is 101 Å². The van der Waals surface area contributed by atoms with Crippen molar-refractivity contribution in [2.45, 2.75) is 162 Å². The van der Waals surface area contributed by atoms with Crippen molar-refractivity contribution in [3.05, 3.63) is 117 Å². The summed E-state index contributed by atoms with van der Waals surface area (Å²) < 4.78 is 83.6. The number of hydrogen-bond acceptors (Lipinski definition) is 30. The molecule has 9 heterocycles. The van der Waals surface area contributed by atoms with Gasteiger partial charge in [-0.25, -0.2) is 29.3 Å². The van der Waals surface area contributed by atoms with Crippen LogP contribution in [-0.2, 0) is 62.7 Å². The van der Waals surface area contributed by atoms with E-state index in [9.17, 15) is 47.3 Å². The summed E-state index contributed by atoms with van der Waals surface area (Å²) in [6.07, 6.45) is 0.261. The molecule has 8 aromatic heterocycles. The second kappa shape index (κ2) is 42.2. The number of hydrogen-bond donors (Lipinski definition) is 11. The predicted octanol–water partition coefficient (Wildman–Crippen LogP) is 5.42. The summed E-state index contributed by atoms with van der Waals surface area (Å²) in [4.78, 5) is 45.6. The van der Waals surface area contributed by atoms with Gasteiger partial charge in [-0.2, -0.15) is 42.9 Å². The van der Waals surface area contributed by atoms with Gasteiger partial charge in [0.15, 0.2) is 42.3 Å². The summed E-state index contributed by atoms with van der Waals surface area (Å²) in [5, 5.41) is 82.9. The van der Waals surface area contributed by atoms with Gasteiger partial charge >= 0.3 is 22.2 Å². The van der Waals surface area contributed by atoms with Crippen LogP contribution in [0.3, 0.4) is 0 Å². The molecule has 14 N–H and O–H groups in total. The summed E-state index contributed by atoms with van der Waals surface area (Å²) >= 11 is 0. The second-order valence-corrected chi connectivity index (χ2v) is 28.5. The summed E-state index contributed by atoms with van der Waals surface area (Å²) in [5.74, 6) is 0.129. The minimum Gasteiger partial charge on any atom is -0.512 e. The Morgan fingerprint density at radius 1 is 0.657 bits per heavy atom. The number of carbonyl (C=O) groups excluding carboxylic acids is 3. The number of esters is 2. The van der Waals surface area contributed by atoms with Gasteiger partial charge in [0.05, 0.1) is 90.0 Å². The number of nitrogen functional groups attached to an aromatic ring is 1. The minimum atomic E-state index is -4.10. The highest BCUT2D eigenvalue weighted by Crippen LogP contribution is 2.40. The Balaban J connectivity index is 0.000000227. The van der Waals surface area contributed by atoms with Gasteiger partial charge in [-0.1, -0.05) is 0 Å². The van der Waals surface area contributed by atoms with Crippen LogP contribution in [0.15, 0.2) is 60.4 Å². The zero-order valence-electron chi connectivity index (χ0n) is 60.2. The third kappa shape index (κ3) is 26.2.